The molecule has 0 N–H and O–H groups in total. The zero-order chi connectivity index (χ0) is 14.9. The molecular formula is C13H22ClN3O2S. The molecule has 5 nitrogen and oxygen atoms in total. The molecule has 0 saturated carbocycles. The Morgan fingerprint density at radius 1 is 1.40 bits per heavy atom. The Morgan fingerprint density at radius 2 is 2.10 bits per heavy atom. The van der Waals surface area contributed by atoms with Crippen molar-refractivity contribution >= 4 is 21.6 Å². The van der Waals surface area contributed by atoms with Crippen molar-refractivity contribution in [2.45, 2.75) is 37.2 Å². The van der Waals surface area contributed by atoms with E-state index in [4.69, 9.17) is 11.6 Å². The van der Waals surface area contributed by atoms with Gasteiger partial charge < -0.3 is 9.47 Å². The first kappa shape index (κ1) is 15.8. The van der Waals surface area contributed by atoms with Gasteiger partial charge in [-0.15, -0.1) is 11.6 Å². The lowest BCUT2D eigenvalue weighted by atomic mass is 10.2. The maximum atomic E-state index is 12.7. The molecule has 0 aliphatic carbocycles. The van der Waals surface area contributed by atoms with Crippen LogP contribution in [0.1, 0.15) is 19.5 Å². The van der Waals surface area contributed by atoms with Crippen molar-refractivity contribution in [3.05, 3.63) is 18.0 Å². The standard InChI is InChI=1S/C13H22ClN3O2S/c1-4-16-10-13(7-12(16)8-14)20(18,19)17-6-5-15(3)11(2)9-17/h7,10-11H,4-6,8-9H2,1-3H3. The van der Waals surface area contributed by atoms with Crippen molar-refractivity contribution in [2.75, 3.05) is 26.7 Å². The lowest BCUT2D eigenvalue weighted by Gasteiger charge is -2.36. The first-order chi connectivity index (χ1) is 9.40. The second-order valence-corrected chi connectivity index (χ2v) is 7.48. The predicted molar refractivity (Wildman–Crippen MR) is 80.5 cm³/mol. The van der Waals surface area contributed by atoms with Gasteiger partial charge in [0, 0.05) is 44.1 Å². The van der Waals surface area contributed by atoms with Crippen molar-refractivity contribution in [1.29, 1.82) is 0 Å². The van der Waals surface area contributed by atoms with Gasteiger partial charge >= 0.3 is 0 Å². The first-order valence-corrected chi connectivity index (χ1v) is 8.83. The van der Waals surface area contributed by atoms with Gasteiger partial charge in [-0.1, -0.05) is 0 Å². The van der Waals surface area contributed by atoms with Gasteiger partial charge in [-0.3, -0.25) is 0 Å². The summed E-state index contributed by atoms with van der Waals surface area (Å²) in [5.74, 6) is 0.322. The number of halogens is 1. The third kappa shape index (κ3) is 2.88. The second-order valence-electron chi connectivity index (χ2n) is 5.28. The number of likely N-dealkylation sites (N-methyl/N-ethyl adjacent to an activating group) is 1. The van der Waals surface area contributed by atoms with Crippen LogP contribution in [0.3, 0.4) is 0 Å². The van der Waals surface area contributed by atoms with E-state index in [0.717, 1.165) is 18.8 Å². The first-order valence-electron chi connectivity index (χ1n) is 6.85. The maximum absolute atomic E-state index is 12.7. The second kappa shape index (κ2) is 6.05. The van der Waals surface area contributed by atoms with Crippen LogP contribution in [0.25, 0.3) is 0 Å². The quantitative estimate of drug-likeness (QED) is 0.791. The van der Waals surface area contributed by atoms with Crippen LogP contribution in [0.5, 0.6) is 0 Å². The minimum atomic E-state index is -3.41. The summed E-state index contributed by atoms with van der Waals surface area (Å²) >= 11 is 5.87. The molecule has 2 heterocycles. The number of piperazine rings is 1. The Hall–Kier alpha value is -0.560. The van der Waals surface area contributed by atoms with Crippen LogP contribution >= 0.6 is 11.6 Å². The van der Waals surface area contributed by atoms with Crippen LogP contribution in [0.2, 0.25) is 0 Å². The van der Waals surface area contributed by atoms with Crippen LogP contribution in [0.15, 0.2) is 17.2 Å². The highest BCUT2D eigenvalue weighted by Gasteiger charge is 2.31. The summed E-state index contributed by atoms with van der Waals surface area (Å²) in [6.45, 7) is 6.57. The summed E-state index contributed by atoms with van der Waals surface area (Å²) in [5, 5.41) is 0. The highest BCUT2D eigenvalue weighted by molar-refractivity contribution is 7.89. The van der Waals surface area contributed by atoms with Crippen molar-refractivity contribution < 1.29 is 8.42 Å². The number of nitrogens with zero attached hydrogens (tertiary/aromatic N) is 3. The number of aryl methyl sites for hydroxylation is 1. The van der Waals surface area contributed by atoms with E-state index < -0.39 is 10.0 Å². The van der Waals surface area contributed by atoms with Gasteiger partial charge in [-0.25, -0.2) is 8.42 Å². The monoisotopic (exact) mass is 319 g/mol. The SMILES string of the molecule is CCn1cc(S(=O)(=O)N2CCN(C)C(C)C2)cc1CCl. The summed E-state index contributed by atoms with van der Waals surface area (Å²) in [6.07, 6.45) is 1.69. The third-order valence-electron chi connectivity index (χ3n) is 4.00. The average Bonchev–Trinajstić information content (AvgIpc) is 2.85. The molecule has 1 unspecified atom stereocenters. The van der Waals surface area contributed by atoms with E-state index in [9.17, 15) is 8.42 Å². The minimum Gasteiger partial charge on any atom is -0.349 e. The van der Waals surface area contributed by atoms with Gasteiger partial charge in [0.25, 0.3) is 0 Å². The maximum Gasteiger partial charge on any atom is 0.244 e. The van der Waals surface area contributed by atoms with Gasteiger partial charge in [0.1, 0.15) is 4.90 Å². The summed E-state index contributed by atoms with van der Waals surface area (Å²) in [6, 6.07) is 1.92. The number of aromatic nitrogens is 1. The summed E-state index contributed by atoms with van der Waals surface area (Å²) < 4.78 is 28.8. The molecule has 0 bridgehead atoms. The van der Waals surface area contributed by atoms with Gasteiger partial charge in [-0.05, 0) is 27.0 Å². The van der Waals surface area contributed by atoms with E-state index in [-0.39, 0.29) is 6.04 Å². The van der Waals surface area contributed by atoms with Gasteiger partial charge in [0.15, 0.2) is 0 Å². The number of hydrogen-bond acceptors (Lipinski definition) is 3. The molecule has 1 aromatic rings. The van der Waals surface area contributed by atoms with Crippen molar-refractivity contribution in [2.24, 2.45) is 0 Å². The van der Waals surface area contributed by atoms with E-state index in [1.807, 2.05) is 25.5 Å². The van der Waals surface area contributed by atoms with E-state index in [1.165, 1.54) is 0 Å². The molecule has 0 amide bonds. The zero-order valence-electron chi connectivity index (χ0n) is 12.2. The Balaban J connectivity index is 2.28. The Morgan fingerprint density at radius 3 is 2.60 bits per heavy atom. The number of alkyl halides is 1. The molecule has 1 aliphatic rings. The van der Waals surface area contributed by atoms with Gasteiger partial charge in [0.2, 0.25) is 10.0 Å². The van der Waals surface area contributed by atoms with Crippen LogP contribution < -0.4 is 0 Å². The fourth-order valence-corrected chi connectivity index (χ4v) is 4.26. The molecule has 20 heavy (non-hydrogen) atoms. The summed E-state index contributed by atoms with van der Waals surface area (Å²) in [5.41, 5.74) is 0.843. The van der Waals surface area contributed by atoms with Crippen molar-refractivity contribution in [1.82, 2.24) is 13.8 Å². The number of sulfonamides is 1. The topological polar surface area (TPSA) is 45.6 Å². The molecule has 0 radical (unpaired) electrons. The van der Waals surface area contributed by atoms with Gasteiger partial charge in [-0.2, -0.15) is 4.31 Å². The normalized spacial score (nSPS) is 22.3. The molecule has 1 fully saturated rings. The van der Waals surface area contributed by atoms with Crippen molar-refractivity contribution in [3.63, 3.8) is 0 Å². The zero-order valence-corrected chi connectivity index (χ0v) is 13.8. The van der Waals surface area contributed by atoms with E-state index in [0.29, 0.717) is 23.9 Å². The van der Waals surface area contributed by atoms with Crippen LogP contribution in [0.4, 0.5) is 0 Å². The minimum absolute atomic E-state index is 0.235. The van der Waals surface area contributed by atoms with Crippen LogP contribution in [0, 0.1) is 0 Å². The van der Waals surface area contributed by atoms with Gasteiger partial charge in [0.05, 0.1) is 5.88 Å². The molecule has 0 spiro atoms. The number of hydrogen-bond donors (Lipinski definition) is 0. The van der Waals surface area contributed by atoms with Crippen LogP contribution in [-0.4, -0.2) is 54.9 Å². The molecule has 1 aromatic heterocycles. The van der Waals surface area contributed by atoms with E-state index in [2.05, 4.69) is 4.90 Å². The molecule has 7 heteroatoms. The smallest absolute Gasteiger partial charge is 0.244 e. The molecular weight excluding hydrogens is 298 g/mol. The predicted octanol–water partition coefficient (Wildman–Crippen LogP) is 1.57. The van der Waals surface area contributed by atoms with Crippen molar-refractivity contribution in [3.8, 4) is 0 Å². The highest BCUT2D eigenvalue weighted by atomic mass is 35.5. The van der Waals surface area contributed by atoms with E-state index in [1.54, 1.807) is 16.6 Å². The Kier molecular flexibility index (Phi) is 4.79. The molecule has 1 aliphatic heterocycles. The molecule has 0 aromatic carbocycles. The summed E-state index contributed by atoms with van der Waals surface area (Å²) in [7, 11) is -1.39. The molecule has 1 atom stereocenters. The molecule has 114 valence electrons. The average molecular weight is 320 g/mol. The lowest BCUT2D eigenvalue weighted by Crippen LogP contribution is -2.51. The largest absolute Gasteiger partial charge is 0.349 e. The summed E-state index contributed by atoms with van der Waals surface area (Å²) in [4.78, 5) is 2.53. The fourth-order valence-electron chi connectivity index (χ4n) is 2.45. The Bertz CT molecular complexity index is 549. The Labute approximate surface area is 126 Å². The number of rotatable bonds is 4. The highest BCUT2D eigenvalue weighted by Crippen LogP contribution is 2.22. The lowest BCUT2D eigenvalue weighted by molar-refractivity contribution is 0.159. The molecule has 1 saturated heterocycles. The van der Waals surface area contributed by atoms with Crippen LogP contribution in [-0.2, 0) is 22.4 Å². The fraction of sp³-hybridized carbons (Fsp3) is 0.692. The van der Waals surface area contributed by atoms with E-state index >= 15 is 0 Å². The third-order valence-corrected chi connectivity index (χ3v) is 6.10. The molecule has 2 rings (SSSR count).